The van der Waals surface area contributed by atoms with Gasteiger partial charge in [0.05, 0.1) is 0 Å². The van der Waals surface area contributed by atoms with E-state index in [-0.39, 0.29) is 0 Å². The maximum Gasteiger partial charge on any atom is 0.175 e. The predicted molar refractivity (Wildman–Crippen MR) is 93.9 cm³/mol. The molecule has 0 spiro atoms. The second-order valence-corrected chi connectivity index (χ2v) is 5.65. The number of hydrogen-bond donors (Lipinski definition) is 2. The molecule has 0 saturated carbocycles. The molecule has 0 fully saturated rings. The van der Waals surface area contributed by atoms with Crippen molar-refractivity contribution in [3.05, 3.63) is 54.1 Å². The summed E-state index contributed by atoms with van der Waals surface area (Å²) in [7, 11) is 0. The van der Waals surface area contributed by atoms with Crippen LogP contribution in [-0.4, -0.2) is 11.4 Å². The third-order valence-electron chi connectivity index (χ3n) is 2.92. The molecule has 0 amide bonds. The molecule has 0 heterocycles. The molecule has 0 atom stereocenters. The van der Waals surface area contributed by atoms with Crippen LogP contribution in [0.2, 0.25) is 0 Å². The van der Waals surface area contributed by atoms with Crippen LogP contribution in [0.15, 0.2) is 53.4 Å². The van der Waals surface area contributed by atoms with Crippen molar-refractivity contribution in [3.63, 3.8) is 0 Å². The molecule has 2 nitrogen and oxygen atoms in total. The molecule has 0 aromatic heterocycles. The van der Waals surface area contributed by atoms with E-state index in [9.17, 15) is 0 Å². The van der Waals surface area contributed by atoms with E-state index in [1.54, 1.807) is 11.8 Å². The molecule has 2 aromatic rings. The van der Waals surface area contributed by atoms with Crippen LogP contribution in [0.25, 0.3) is 0 Å². The molecule has 0 unspecified atom stereocenters. The summed E-state index contributed by atoms with van der Waals surface area (Å²) in [5, 5.41) is 7.03. The fourth-order valence-electron chi connectivity index (χ4n) is 1.86. The summed E-state index contributed by atoms with van der Waals surface area (Å²) in [6.45, 7) is 2.14. The van der Waals surface area contributed by atoms with E-state index in [1.165, 1.54) is 10.5 Å². The van der Waals surface area contributed by atoms with Gasteiger partial charge in [-0.15, -0.1) is 11.8 Å². The minimum Gasteiger partial charge on any atom is -0.332 e. The minimum atomic E-state index is 0.608. The van der Waals surface area contributed by atoms with Gasteiger partial charge in [-0.2, -0.15) is 0 Å². The van der Waals surface area contributed by atoms with Gasteiger partial charge < -0.3 is 10.6 Å². The first-order chi connectivity index (χ1) is 9.71. The Labute approximate surface area is 130 Å². The van der Waals surface area contributed by atoms with Gasteiger partial charge in [0.2, 0.25) is 0 Å². The Hall–Kier alpha value is -1.52. The lowest BCUT2D eigenvalue weighted by Gasteiger charge is -2.12. The van der Waals surface area contributed by atoms with Gasteiger partial charge in [0.15, 0.2) is 5.11 Å². The van der Waals surface area contributed by atoms with Crippen molar-refractivity contribution >= 4 is 40.5 Å². The van der Waals surface area contributed by atoms with E-state index in [4.69, 9.17) is 12.2 Å². The number of benzene rings is 2. The van der Waals surface area contributed by atoms with Crippen LogP contribution in [0.1, 0.15) is 12.5 Å². The summed E-state index contributed by atoms with van der Waals surface area (Å²) in [4.78, 5) is 1.21. The fraction of sp³-hybridized carbons (Fsp3) is 0.188. The van der Waals surface area contributed by atoms with E-state index < -0.39 is 0 Å². The van der Waals surface area contributed by atoms with Gasteiger partial charge in [-0.3, -0.25) is 0 Å². The first kappa shape index (κ1) is 14.9. The van der Waals surface area contributed by atoms with Gasteiger partial charge in [0, 0.05) is 16.3 Å². The zero-order valence-corrected chi connectivity index (χ0v) is 13.3. The Morgan fingerprint density at radius 3 is 2.35 bits per heavy atom. The summed E-state index contributed by atoms with van der Waals surface area (Å²) in [5.74, 6) is 0. The van der Waals surface area contributed by atoms with Gasteiger partial charge in [-0.05, 0) is 60.8 Å². The Morgan fingerprint density at radius 2 is 1.70 bits per heavy atom. The Kier molecular flexibility index (Phi) is 5.44. The van der Waals surface area contributed by atoms with Gasteiger partial charge in [0.25, 0.3) is 0 Å². The van der Waals surface area contributed by atoms with Crippen LogP contribution in [0.5, 0.6) is 0 Å². The van der Waals surface area contributed by atoms with Crippen LogP contribution in [-0.2, 0) is 6.42 Å². The number of thiocarbonyl (C=S) groups is 1. The number of thioether (sulfide) groups is 1. The van der Waals surface area contributed by atoms with Gasteiger partial charge in [0.1, 0.15) is 0 Å². The molecule has 0 bridgehead atoms. The van der Waals surface area contributed by atoms with Crippen LogP contribution >= 0.6 is 24.0 Å². The molecule has 0 aliphatic rings. The number of anilines is 2. The Morgan fingerprint density at radius 1 is 1.05 bits per heavy atom. The van der Waals surface area contributed by atoms with Crippen LogP contribution in [0.4, 0.5) is 11.4 Å². The van der Waals surface area contributed by atoms with Crippen molar-refractivity contribution in [3.8, 4) is 0 Å². The third kappa shape index (κ3) is 4.25. The van der Waals surface area contributed by atoms with Crippen molar-refractivity contribution in [1.82, 2.24) is 0 Å². The number of rotatable bonds is 4. The molecular weight excluding hydrogens is 284 g/mol. The largest absolute Gasteiger partial charge is 0.332 e. The van der Waals surface area contributed by atoms with Crippen molar-refractivity contribution < 1.29 is 0 Å². The molecule has 2 aromatic carbocycles. The number of aryl methyl sites for hydroxylation is 1. The first-order valence-electron chi connectivity index (χ1n) is 6.52. The number of nitrogens with one attached hydrogen (secondary N) is 2. The highest BCUT2D eigenvalue weighted by Crippen LogP contribution is 2.19. The monoisotopic (exact) mass is 302 g/mol. The van der Waals surface area contributed by atoms with Gasteiger partial charge in [-0.1, -0.05) is 25.1 Å². The molecule has 0 saturated heterocycles. The molecule has 0 radical (unpaired) electrons. The molecule has 0 aliphatic carbocycles. The second kappa shape index (κ2) is 7.31. The van der Waals surface area contributed by atoms with E-state index in [0.717, 1.165) is 17.8 Å². The van der Waals surface area contributed by atoms with Crippen LogP contribution in [0, 0.1) is 0 Å². The quantitative estimate of drug-likeness (QED) is 0.627. The zero-order chi connectivity index (χ0) is 14.4. The van der Waals surface area contributed by atoms with E-state index in [0.29, 0.717) is 5.11 Å². The lowest BCUT2D eigenvalue weighted by Crippen LogP contribution is -2.19. The molecule has 2 N–H and O–H groups in total. The first-order valence-corrected chi connectivity index (χ1v) is 8.15. The van der Waals surface area contributed by atoms with Crippen molar-refractivity contribution in [2.75, 3.05) is 16.9 Å². The summed E-state index contributed by atoms with van der Waals surface area (Å²) < 4.78 is 0. The zero-order valence-electron chi connectivity index (χ0n) is 11.6. The molecule has 2 rings (SSSR count). The lowest BCUT2D eigenvalue weighted by atomic mass is 10.1. The lowest BCUT2D eigenvalue weighted by molar-refractivity contribution is 1.14. The maximum absolute atomic E-state index is 5.35. The predicted octanol–water partition coefficient (Wildman–Crippen LogP) is 4.78. The highest BCUT2D eigenvalue weighted by Gasteiger charge is 2.00. The molecule has 20 heavy (non-hydrogen) atoms. The fourth-order valence-corrected chi connectivity index (χ4v) is 2.56. The summed E-state index contributed by atoms with van der Waals surface area (Å²) in [5.41, 5.74) is 3.31. The normalized spacial score (nSPS) is 10.1. The Bertz CT molecular complexity index is 545. The SMILES string of the molecule is CCc1cccc(NC(=S)Nc2cccc(SC)c2)c1. The maximum atomic E-state index is 5.35. The smallest absolute Gasteiger partial charge is 0.175 e. The van der Waals surface area contributed by atoms with E-state index >= 15 is 0 Å². The van der Waals surface area contributed by atoms with Crippen LogP contribution < -0.4 is 10.6 Å². The van der Waals surface area contributed by atoms with E-state index in [1.807, 2.05) is 24.3 Å². The topological polar surface area (TPSA) is 24.1 Å². The highest BCUT2D eigenvalue weighted by molar-refractivity contribution is 7.98. The average molecular weight is 302 g/mol. The standard InChI is InChI=1S/C16H18N2S2/c1-3-12-6-4-7-13(10-12)17-16(19)18-14-8-5-9-15(11-14)20-2/h4-11H,3H2,1-2H3,(H2,17,18,19). The third-order valence-corrected chi connectivity index (χ3v) is 3.85. The Balaban J connectivity index is 2.01. The van der Waals surface area contributed by atoms with Gasteiger partial charge >= 0.3 is 0 Å². The van der Waals surface area contributed by atoms with Gasteiger partial charge in [-0.25, -0.2) is 0 Å². The number of hydrogen-bond acceptors (Lipinski definition) is 2. The molecular formula is C16H18N2S2. The highest BCUT2D eigenvalue weighted by atomic mass is 32.2. The van der Waals surface area contributed by atoms with Crippen molar-refractivity contribution in [2.45, 2.75) is 18.2 Å². The molecule has 0 aliphatic heterocycles. The van der Waals surface area contributed by atoms with Crippen LogP contribution in [0.3, 0.4) is 0 Å². The average Bonchev–Trinajstić information content (AvgIpc) is 2.47. The summed E-state index contributed by atoms with van der Waals surface area (Å²) in [6.07, 6.45) is 3.08. The molecule has 104 valence electrons. The second-order valence-electron chi connectivity index (χ2n) is 4.37. The minimum absolute atomic E-state index is 0.608. The summed E-state index contributed by atoms with van der Waals surface area (Å²) in [6, 6.07) is 16.5. The molecule has 4 heteroatoms. The van der Waals surface area contributed by atoms with E-state index in [2.05, 4.69) is 48.1 Å². The van der Waals surface area contributed by atoms with Crippen molar-refractivity contribution in [1.29, 1.82) is 0 Å². The van der Waals surface area contributed by atoms with Crippen molar-refractivity contribution in [2.24, 2.45) is 0 Å². The summed E-state index contributed by atoms with van der Waals surface area (Å²) >= 11 is 7.06.